The molecule has 2 aliphatic rings. The van der Waals surface area contributed by atoms with E-state index in [1.54, 1.807) is 5.56 Å². The van der Waals surface area contributed by atoms with Gasteiger partial charge in [-0.05, 0) is 61.7 Å². The van der Waals surface area contributed by atoms with Crippen LogP contribution in [-0.2, 0) is 5.41 Å². The lowest BCUT2D eigenvalue weighted by molar-refractivity contribution is 0.156. The summed E-state index contributed by atoms with van der Waals surface area (Å²) in [6.07, 6.45) is 5.60. The molecule has 86 valence electrons. The van der Waals surface area contributed by atoms with Gasteiger partial charge in [0, 0.05) is 0 Å². The normalized spacial score (nSPS) is 27.7. The minimum absolute atomic E-state index is 0.523. The van der Waals surface area contributed by atoms with Gasteiger partial charge < -0.3 is 5.32 Å². The molecule has 1 unspecified atom stereocenters. The van der Waals surface area contributed by atoms with Gasteiger partial charge in [-0.15, -0.1) is 0 Å². The van der Waals surface area contributed by atoms with Crippen LogP contribution in [0.15, 0.2) is 24.3 Å². The Morgan fingerprint density at radius 2 is 2.06 bits per heavy atom. The van der Waals surface area contributed by atoms with E-state index in [9.17, 15) is 0 Å². The summed E-state index contributed by atoms with van der Waals surface area (Å²) in [6, 6.07) is 9.02. The summed E-state index contributed by atoms with van der Waals surface area (Å²) in [5.74, 6) is 0.877. The molecule has 0 amide bonds. The Hall–Kier alpha value is -0.820. The van der Waals surface area contributed by atoms with Gasteiger partial charge >= 0.3 is 0 Å². The Bertz CT molecular complexity index is 373. The van der Waals surface area contributed by atoms with Crippen LogP contribution >= 0.6 is 0 Å². The van der Waals surface area contributed by atoms with Gasteiger partial charge in [-0.25, -0.2) is 0 Å². The van der Waals surface area contributed by atoms with E-state index >= 15 is 0 Å². The molecule has 1 N–H and O–H groups in total. The van der Waals surface area contributed by atoms with Crippen molar-refractivity contribution in [1.82, 2.24) is 5.32 Å². The van der Waals surface area contributed by atoms with Crippen LogP contribution in [0.25, 0.3) is 0 Å². The summed E-state index contributed by atoms with van der Waals surface area (Å²) in [7, 11) is 0. The summed E-state index contributed by atoms with van der Waals surface area (Å²) in [5, 5.41) is 3.54. The highest BCUT2D eigenvalue weighted by Crippen LogP contribution is 2.51. The van der Waals surface area contributed by atoms with Crippen LogP contribution in [0.1, 0.15) is 36.8 Å². The van der Waals surface area contributed by atoms with E-state index in [1.165, 1.54) is 44.3 Å². The fourth-order valence-electron chi connectivity index (χ4n) is 3.71. The highest BCUT2D eigenvalue weighted by Gasteiger charge is 2.46. The van der Waals surface area contributed by atoms with E-state index in [4.69, 9.17) is 0 Å². The quantitative estimate of drug-likeness (QED) is 0.799. The SMILES string of the molecule is Cc1ccccc1C1(C2CCNC2)CCC1. The molecule has 2 fully saturated rings. The third-order valence-electron chi connectivity index (χ3n) is 4.77. The van der Waals surface area contributed by atoms with Crippen LogP contribution in [0.2, 0.25) is 0 Å². The maximum atomic E-state index is 3.54. The second-order valence-corrected chi connectivity index (χ2v) is 5.51. The van der Waals surface area contributed by atoms with Crippen molar-refractivity contribution >= 4 is 0 Å². The second kappa shape index (κ2) is 3.89. The number of hydrogen-bond acceptors (Lipinski definition) is 1. The predicted octanol–water partition coefficient (Wildman–Crippen LogP) is 3.03. The smallest absolute Gasteiger partial charge is 0.000357 e. The number of hydrogen-bond donors (Lipinski definition) is 1. The predicted molar refractivity (Wildman–Crippen MR) is 67.7 cm³/mol. The first-order chi connectivity index (χ1) is 7.83. The van der Waals surface area contributed by atoms with Crippen LogP contribution in [0.3, 0.4) is 0 Å². The molecule has 1 aromatic rings. The summed E-state index contributed by atoms with van der Waals surface area (Å²) in [5.41, 5.74) is 3.65. The molecular weight excluding hydrogens is 194 g/mol. The maximum Gasteiger partial charge on any atom is -0.000357 e. The lowest BCUT2D eigenvalue weighted by Gasteiger charge is -2.48. The third-order valence-corrected chi connectivity index (χ3v) is 4.77. The maximum absolute atomic E-state index is 3.54. The van der Waals surface area contributed by atoms with E-state index < -0.39 is 0 Å². The molecule has 1 aromatic carbocycles. The first-order valence-corrected chi connectivity index (χ1v) is 6.60. The molecule has 16 heavy (non-hydrogen) atoms. The Balaban J connectivity index is 1.98. The van der Waals surface area contributed by atoms with Gasteiger partial charge in [-0.1, -0.05) is 30.7 Å². The van der Waals surface area contributed by atoms with Crippen molar-refractivity contribution in [2.45, 2.75) is 38.0 Å². The molecule has 3 rings (SSSR count). The molecule has 1 saturated carbocycles. The zero-order valence-electron chi connectivity index (χ0n) is 10.1. The lowest BCUT2D eigenvalue weighted by Crippen LogP contribution is -2.43. The molecule has 0 spiro atoms. The zero-order chi connectivity index (χ0) is 11.0. The molecule has 1 aliphatic heterocycles. The molecule has 1 nitrogen and oxygen atoms in total. The van der Waals surface area contributed by atoms with Crippen molar-refractivity contribution in [3.05, 3.63) is 35.4 Å². The van der Waals surface area contributed by atoms with Gasteiger partial charge in [0.1, 0.15) is 0 Å². The lowest BCUT2D eigenvalue weighted by atomic mass is 9.56. The van der Waals surface area contributed by atoms with Crippen molar-refractivity contribution in [2.24, 2.45) is 5.92 Å². The van der Waals surface area contributed by atoms with E-state index in [0.717, 1.165) is 5.92 Å². The largest absolute Gasteiger partial charge is 0.316 e. The zero-order valence-corrected chi connectivity index (χ0v) is 10.1. The van der Waals surface area contributed by atoms with Crippen molar-refractivity contribution in [2.75, 3.05) is 13.1 Å². The fourth-order valence-corrected chi connectivity index (χ4v) is 3.71. The minimum atomic E-state index is 0.523. The highest BCUT2D eigenvalue weighted by molar-refractivity contribution is 5.36. The molecular formula is C15H21N. The molecule has 1 heteroatoms. The van der Waals surface area contributed by atoms with Crippen LogP contribution in [-0.4, -0.2) is 13.1 Å². The highest BCUT2D eigenvalue weighted by atomic mass is 14.9. The fraction of sp³-hybridized carbons (Fsp3) is 0.600. The van der Waals surface area contributed by atoms with Gasteiger partial charge in [-0.3, -0.25) is 0 Å². The molecule has 1 heterocycles. The van der Waals surface area contributed by atoms with Gasteiger partial charge in [-0.2, -0.15) is 0 Å². The molecule has 1 saturated heterocycles. The van der Waals surface area contributed by atoms with Gasteiger partial charge in [0.15, 0.2) is 0 Å². The minimum Gasteiger partial charge on any atom is -0.316 e. The Labute approximate surface area is 98.3 Å². The molecule has 1 atom stereocenters. The summed E-state index contributed by atoms with van der Waals surface area (Å²) < 4.78 is 0. The van der Waals surface area contributed by atoms with E-state index in [0.29, 0.717) is 5.41 Å². The van der Waals surface area contributed by atoms with Crippen LogP contribution < -0.4 is 5.32 Å². The number of rotatable bonds is 2. The van der Waals surface area contributed by atoms with Crippen molar-refractivity contribution in [3.63, 3.8) is 0 Å². The second-order valence-electron chi connectivity index (χ2n) is 5.51. The summed E-state index contributed by atoms with van der Waals surface area (Å²) in [6.45, 7) is 4.73. The van der Waals surface area contributed by atoms with Crippen molar-refractivity contribution in [3.8, 4) is 0 Å². The van der Waals surface area contributed by atoms with Gasteiger partial charge in [0.25, 0.3) is 0 Å². The van der Waals surface area contributed by atoms with Crippen LogP contribution in [0.5, 0.6) is 0 Å². The molecule has 1 aliphatic carbocycles. The van der Waals surface area contributed by atoms with Crippen molar-refractivity contribution < 1.29 is 0 Å². The topological polar surface area (TPSA) is 12.0 Å². The summed E-state index contributed by atoms with van der Waals surface area (Å²) in [4.78, 5) is 0. The van der Waals surface area contributed by atoms with Crippen LogP contribution in [0.4, 0.5) is 0 Å². The first-order valence-electron chi connectivity index (χ1n) is 6.60. The Morgan fingerprint density at radius 1 is 1.25 bits per heavy atom. The molecule has 0 radical (unpaired) electrons. The third kappa shape index (κ3) is 1.41. The number of nitrogens with one attached hydrogen (secondary N) is 1. The Morgan fingerprint density at radius 3 is 2.62 bits per heavy atom. The van der Waals surface area contributed by atoms with E-state index in [2.05, 4.69) is 36.5 Å². The number of aryl methyl sites for hydroxylation is 1. The van der Waals surface area contributed by atoms with Crippen molar-refractivity contribution in [1.29, 1.82) is 0 Å². The average Bonchev–Trinajstić information content (AvgIpc) is 2.73. The first kappa shape index (κ1) is 10.3. The van der Waals surface area contributed by atoms with E-state index in [-0.39, 0.29) is 0 Å². The van der Waals surface area contributed by atoms with Gasteiger partial charge in [0.2, 0.25) is 0 Å². The Kier molecular flexibility index (Phi) is 2.51. The molecule has 0 aromatic heterocycles. The average molecular weight is 215 g/mol. The van der Waals surface area contributed by atoms with Gasteiger partial charge in [0.05, 0.1) is 0 Å². The monoisotopic (exact) mass is 215 g/mol. The molecule has 0 bridgehead atoms. The standard InChI is InChI=1S/C15H21N/c1-12-5-2-3-6-14(12)15(8-4-9-15)13-7-10-16-11-13/h2-3,5-6,13,16H,4,7-11H2,1H3. The van der Waals surface area contributed by atoms with Crippen LogP contribution in [0, 0.1) is 12.8 Å². The number of benzene rings is 1. The van der Waals surface area contributed by atoms with E-state index in [1.807, 2.05) is 0 Å². The summed E-state index contributed by atoms with van der Waals surface area (Å²) >= 11 is 0.